The number of phenolic OH excluding ortho intramolecular Hbond substituents is 1. The number of phenols is 1. The third-order valence-electron chi connectivity index (χ3n) is 6.59. The standard InChI is InChI=1S/C26H25ClF2N4O4/c1-2-20(35)32-8-10-33(11-9-32)25-16-14-17(27)21(22-18(28)4-3-5-19(22)34)23(29)24(16)30-26(31-25)37-15-6-12-36-13-7-15/h2-5,14-15,34H,1,6-13H2. The predicted octanol–water partition coefficient (Wildman–Crippen LogP) is 4.33. The minimum Gasteiger partial charge on any atom is -0.507 e. The first-order chi connectivity index (χ1) is 17.9. The Morgan fingerprint density at radius 1 is 1.16 bits per heavy atom. The lowest BCUT2D eigenvalue weighted by Gasteiger charge is -2.35. The third kappa shape index (κ3) is 4.91. The van der Waals surface area contributed by atoms with Gasteiger partial charge >= 0.3 is 6.01 Å². The molecule has 5 rings (SSSR count). The molecule has 2 saturated heterocycles. The van der Waals surface area contributed by atoms with Crippen LogP contribution in [0.3, 0.4) is 0 Å². The Bertz CT molecular complexity index is 1340. The zero-order valence-corrected chi connectivity index (χ0v) is 20.7. The van der Waals surface area contributed by atoms with Gasteiger partial charge < -0.3 is 24.4 Å². The molecule has 1 aromatic heterocycles. The minimum absolute atomic E-state index is 0.0241. The molecular formula is C26H25ClF2N4O4. The van der Waals surface area contributed by atoms with E-state index in [9.17, 15) is 14.3 Å². The van der Waals surface area contributed by atoms with Crippen LogP contribution in [0, 0.1) is 11.6 Å². The number of carbonyl (C=O) groups is 1. The molecule has 0 spiro atoms. The van der Waals surface area contributed by atoms with Gasteiger partial charge in [0.05, 0.1) is 23.8 Å². The molecule has 194 valence electrons. The molecule has 11 heteroatoms. The van der Waals surface area contributed by atoms with Gasteiger partial charge in [-0.05, 0) is 24.3 Å². The maximum Gasteiger partial charge on any atom is 0.319 e. The smallest absolute Gasteiger partial charge is 0.319 e. The number of halogens is 3. The fourth-order valence-electron chi connectivity index (χ4n) is 4.65. The maximum atomic E-state index is 16.1. The summed E-state index contributed by atoms with van der Waals surface area (Å²) in [5.41, 5.74) is -0.762. The van der Waals surface area contributed by atoms with Crippen molar-refractivity contribution in [3.05, 3.63) is 53.6 Å². The highest BCUT2D eigenvalue weighted by Gasteiger charge is 2.28. The highest BCUT2D eigenvalue weighted by molar-refractivity contribution is 6.34. The third-order valence-corrected chi connectivity index (χ3v) is 6.89. The molecule has 0 aliphatic carbocycles. The number of hydrogen-bond donors (Lipinski definition) is 1. The molecule has 0 unspecified atom stereocenters. The van der Waals surface area contributed by atoms with Crippen LogP contribution >= 0.6 is 11.6 Å². The highest BCUT2D eigenvalue weighted by atomic mass is 35.5. The monoisotopic (exact) mass is 530 g/mol. The van der Waals surface area contributed by atoms with Crippen molar-refractivity contribution >= 4 is 34.2 Å². The number of amides is 1. The van der Waals surface area contributed by atoms with E-state index in [4.69, 9.17) is 21.1 Å². The minimum atomic E-state index is -0.899. The molecule has 2 aliphatic rings. The van der Waals surface area contributed by atoms with E-state index in [0.29, 0.717) is 63.4 Å². The summed E-state index contributed by atoms with van der Waals surface area (Å²) in [5, 5.41) is 10.5. The van der Waals surface area contributed by atoms with Gasteiger partial charge in [0, 0.05) is 50.0 Å². The van der Waals surface area contributed by atoms with Crippen molar-refractivity contribution in [3.63, 3.8) is 0 Å². The summed E-state index contributed by atoms with van der Waals surface area (Å²) >= 11 is 6.48. The number of nitrogens with zero attached hydrogens (tertiary/aromatic N) is 4. The molecule has 0 bridgehead atoms. The molecule has 0 radical (unpaired) electrons. The van der Waals surface area contributed by atoms with E-state index in [0.717, 1.165) is 6.07 Å². The van der Waals surface area contributed by atoms with Crippen LogP contribution in [-0.2, 0) is 9.53 Å². The SMILES string of the molecule is C=CC(=O)N1CCN(c2nc(OC3CCOCC3)nc3c(F)c(-c4c(O)cccc4F)c(Cl)cc23)CC1. The first kappa shape index (κ1) is 25.2. The Morgan fingerprint density at radius 3 is 2.57 bits per heavy atom. The first-order valence-electron chi connectivity index (χ1n) is 12.0. The molecule has 0 atom stereocenters. The number of ether oxygens (including phenoxy) is 2. The highest BCUT2D eigenvalue weighted by Crippen LogP contribution is 2.42. The fraction of sp³-hybridized carbons (Fsp3) is 0.346. The Morgan fingerprint density at radius 2 is 1.89 bits per heavy atom. The van der Waals surface area contributed by atoms with E-state index >= 15 is 4.39 Å². The van der Waals surface area contributed by atoms with Crippen LogP contribution in [0.2, 0.25) is 5.02 Å². The van der Waals surface area contributed by atoms with Crippen molar-refractivity contribution in [2.75, 3.05) is 44.3 Å². The summed E-state index contributed by atoms with van der Waals surface area (Å²) < 4.78 is 42.2. The number of piperazine rings is 1. The lowest BCUT2D eigenvalue weighted by Crippen LogP contribution is -2.48. The summed E-state index contributed by atoms with van der Waals surface area (Å²) in [6, 6.07) is 5.13. The van der Waals surface area contributed by atoms with Gasteiger partial charge in [0.2, 0.25) is 5.91 Å². The fourth-order valence-corrected chi connectivity index (χ4v) is 4.94. The summed E-state index contributed by atoms with van der Waals surface area (Å²) in [5.74, 6) is -1.95. The Labute approximate surface area is 217 Å². The van der Waals surface area contributed by atoms with Crippen molar-refractivity contribution in [1.29, 1.82) is 0 Å². The number of hydrogen-bond acceptors (Lipinski definition) is 7. The van der Waals surface area contributed by atoms with Crippen LogP contribution in [0.25, 0.3) is 22.0 Å². The molecule has 2 aromatic carbocycles. The van der Waals surface area contributed by atoms with E-state index in [1.165, 1.54) is 24.3 Å². The topological polar surface area (TPSA) is 88.0 Å². The molecule has 1 amide bonds. The molecule has 2 fully saturated rings. The number of carbonyl (C=O) groups excluding carboxylic acids is 1. The lowest BCUT2D eigenvalue weighted by molar-refractivity contribution is -0.126. The zero-order valence-electron chi connectivity index (χ0n) is 19.9. The molecule has 2 aliphatic heterocycles. The van der Waals surface area contributed by atoms with Gasteiger partial charge in [-0.25, -0.2) is 8.78 Å². The number of aromatic hydroxyl groups is 1. The number of aromatic nitrogens is 2. The van der Waals surface area contributed by atoms with Crippen LogP contribution in [0.15, 0.2) is 36.9 Å². The van der Waals surface area contributed by atoms with Crippen molar-refractivity contribution in [2.45, 2.75) is 18.9 Å². The van der Waals surface area contributed by atoms with Gasteiger partial charge in [-0.15, -0.1) is 0 Å². The van der Waals surface area contributed by atoms with E-state index in [-0.39, 0.29) is 39.7 Å². The average molecular weight is 531 g/mol. The second-order valence-electron chi connectivity index (χ2n) is 8.85. The van der Waals surface area contributed by atoms with Gasteiger partial charge in [-0.1, -0.05) is 24.2 Å². The summed E-state index contributed by atoms with van der Waals surface area (Å²) in [7, 11) is 0. The zero-order chi connectivity index (χ0) is 26.1. The Kier molecular flexibility index (Phi) is 7.12. The van der Waals surface area contributed by atoms with Crippen LogP contribution in [-0.4, -0.2) is 71.4 Å². The average Bonchev–Trinajstić information content (AvgIpc) is 2.90. The second kappa shape index (κ2) is 10.5. The largest absolute Gasteiger partial charge is 0.507 e. The van der Waals surface area contributed by atoms with Crippen LogP contribution in [0.1, 0.15) is 12.8 Å². The van der Waals surface area contributed by atoms with E-state index in [2.05, 4.69) is 16.5 Å². The number of rotatable bonds is 5. The molecule has 3 aromatic rings. The molecule has 3 heterocycles. The Hall–Kier alpha value is -3.50. The molecule has 8 nitrogen and oxygen atoms in total. The second-order valence-corrected chi connectivity index (χ2v) is 9.26. The van der Waals surface area contributed by atoms with E-state index in [1.54, 1.807) is 4.90 Å². The molecular weight excluding hydrogens is 506 g/mol. The van der Waals surface area contributed by atoms with Gasteiger partial charge in [-0.2, -0.15) is 9.97 Å². The van der Waals surface area contributed by atoms with Crippen LogP contribution in [0.4, 0.5) is 14.6 Å². The Balaban J connectivity index is 1.63. The van der Waals surface area contributed by atoms with E-state index < -0.39 is 17.4 Å². The van der Waals surface area contributed by atoms with Crippen molar-refractivity contribution in [1.82, 2.24) is 14.9 Å². The molecule has 0 saturated carbocycles. The van der Waals surface area contributed by atoms with Crippen molar-refractivity contribution < 1.29 is 28.2 Å². The van der Waals surface area contributed by atoms with E-state index in [1.807, 2.05) is 4.90 Å². The van der Waals surface area contributed by atoms with Crippen LogP contribution < -0.4 is 9.64 Å². The summed E-state index contributed by atoms with van der Waals surface area (Å²) in [6.45, 7) is 6.30. The van der Waals surface area contributed by atoms with Gasteiger partial charge in [0.15, 0.2) is 5.82 Å². The quantitative estimate of drug-likeness (QED) is 0.491. The van der Waals surface area contributed by atoms with Crippen LogP contribution in [0.5, 0.6) is 11.8 Å². The molecule has 37 heavy (non-hydrogen) atoms. The number of benzene rings is 2. The summed E-state index contributed by atoms with van der Waals surface area (Å²) in [4.78, 5) is 24.6. The molecule has 1 N–H and O–H groups in total. The first-order valence-corrected chi connectivity index (χ1v) is 12.3. The van der Waals surface area contributed by atoms with Crippen molar-refractivity contribution in [3.8, 4) is 22.9 Å². The summed E-state index contributed by atoms with van der Waals surface area (Å²) in [6.07, 6.45) is 2.34. The van der Waals surface area contributed by atoms with Gasteiger partial charge in [0.25, 0.3) is 0 Å². The lowest BCUT2D eigenvalue weighted by atomic mass is 10.0. The van der Waals surface area contributed by atoms with Crippen molar-refractivity contribution in [2.24, 2.45) is 0 Å². The maximum absolute atomic E-state index is 16.1. The van der Waals surface area contributed by atoms with Gasteiger partial charge in [-0.3, -0.25) is 4.79 Å². The normalized spacial score (nSPS) is 16.7. The predicted molar refractivity (Wildman–Crippen MR) is 135 cm³/mol. The number of anilines is 1. The van der Waals surface area contributed by atoms with Gasteiger partial charge in [0.1, 0.15) is 29.0 Å². The number of fused-ring (bicyclic) bond motifs is 1.